The second-order valence-electron chi connectivity index (χ2n) is 3.52. The Morgan fingerprint density at radius 2 is 2.13 bits per heavy atom. The number of benzene rings is 1. The lowest BCUT2D eigenvalue weighted by molar-refractivity contribution is 0.288. The van der Waals surface area contributed by atoms with Gasteiger partial charge < -0.3 is 10.1 Å². The van der Waals surface area contributed by atoms with Crippen molar-refractivity contribution in [2.24, 2.45) is 0 Å². The van der Waals surface area contributed by atoms with E-state index < -0.39 is 0 Å². The van der Waals surface area contributed by atoms with Crippen LogP contribution >= 0.6 is 11.3 Å². The quantitative estimate of drug-likeness (QED) is 0.791. The average Bonchev–Trinajstić information content (AvgIpc) is 2.82. The Labute approximate surface area is 92.5 Å². The molecule has 15 heavy (non-hydrogen) atoms. The van der Waals surface area contributed by atoms with E-state index in [9.17, 15) is 0 Å². The Balaban J connectivity index is 1.89. The first-order valence-corrected chi connectivity index (χ1v) is 5.83. The number of rotatable bonds is 1. The van der Waals surface area contributed by atoms with E-state index in [4.69, 9.17) is 4.74 Å². The van der Waals surface area contributed by atoms with Crippen molar-refractivity contribution in [1.29, 1.82) is 0 Å². The normalized spacial score (nSPS) is 18.8. The number of thiophene rings is 1. The molecule has 1 aliphatic rings. The average molecular weight is 217 g/mol. The first-order chi connectivity index (χ1) is 7.43. The molecule has 1 atom stereocenters. The number of hydrogen-bond donors (Lipinski definition) is 1. The summed E-state index contributed by atoms with van der Waals surface area (Å²) in [6, 6.07) is 12.6. The van der Waals surface area contributed by atoms with Crippen LogP contribution < -0.4 is 10.1 Å². The molecule has 1 aromatic carbocycles. The summed E-state index contributed by atoms with van der Waals surface area (Å²) in [7, 11) is 0. The van der Waals surface area contributed by atoms with Crippen molar-refractivity contribution < 1.29 is 4.74 Å². The lowest BCUT2D eigenvalue weighted by atomic mass is 10.2. The molecular weight excluding hydrogens is 206 g/mol. The van der Waals surface area contributed by atoms with Crippen LogP contribution in [0.4, 0.5) is 5.69 Å². The van der Waals surface area contributed by atoms with Gasteiger partial charge in [-0.3, -0.25) is 0 Å². The number of nitrogens with one attached hydrogen (secondary N) is 1. The lowest BCUT2D eigenvalue weighted by Gasteiger charge is -2.26. The first kappa shape index (κ1) is 8.80. The summed E-state index contributed by atoms with van der Waals surface area (Å²) in [6.07, 6.45) is 0. The Kier molecular flexibility index (Phi) is 2.10. The van der Waals surface area contributed by atoms with E-state index >= 15 is 0 Å². The fourth-order valence-corrected chi connectivity index (χ4v) is 2.52. The van der Waals surface area contributed by atoms with Gasteiger partial charge in [0.2, 0.25) is 0 Å². The van der Waals surface area contributed by atoms with E-state index in [0.29, 0.717) is 12.6 Å². The highest BCUT2D eigenvalue weighted by Gasteiger charge is 2.20. The van der Waals surface area contributed by atoms with Gasteiger partial charge in [0, 0.05) is 4.88 Å². The molecule has 0 radical (unpaired) electrons. The van der Waals surface area contributed by atoms with Gasteiger partial charge in [-0.25, -0.2) is 0 Å². The maximum atomic E-state index is 5.70. The highest BCUT2D eigenvalue weighted by atomic mass is 32.1. The minimum Gasteiger partial charge on any atom is -0.489 e. The summed E-state index contributed by atoms with van der Waals surface area (Å²) in [5.41, 5.74) is 1.09. The molecule has 1 aliphatic heterocycles. The van der Waals surface area contributed by atoms with E-state index in [-0.39, 0.29) is 0 Å². The molecule has 0 aliphatic carbocycles. The third-order valence-electron chi connectivity index (χ3n) is 2.51. The molecule has 76 valence electrons. The van der Waals surface area contributed by atoms with E-state index in [0.717, 1.165) is 11.4 Å². The molecule has 0 fully saturated rings. The third kappa shape index (κ3) is 1.59. The van der Waals surface area contributed by atoms with Gasteiger partial charge in [-0.1, -0.05) is 18.2 Å². The monoisotopic (exact) mass is 217 g/mol. The number of para-hydroxylation sites is 2. The third-order valence-corrected chi connectivity index (χ3v) is 3.49. The molecule has 0 spiro atoms. The molecule has 0 saturated carbocycles. The summed E-state index contributed by atoms with van der Waals surface area (Å²) < 4.78 is 5.70. The van der Waals surface area contributed by atoms with E-state index in [2.05, 4.69) is 28.9 Å². The smallest absolute Gasteiger partial charge is 0.142 e. The van der Waals surface area contributed by atoms with Gasteiger partial charge >= 0.3 is 0 Å². The van der Waals surface area contributed by atoms with Crippen molar-refractivity contribution in [2.45, 2.75) is 6.04 Å². The molecule has 2 aromatic rings. The highest BCUT2D eigenvalue weighted by molar-refractivity contribution is 7.10. The van der Waals surface area contributed by atoms with Crippen LogP contribution in [0.15, 0.2) is 41.8 Å². The van der Waals surface area contributed by atoms with Crippen molar-refractivity contribution >= 4 is 17.0 Å². The van der Waals surface area contributed by atoms with Crippen LogP contribution in [-0.4, -0.2) is 6.61 Å². The van der Waals surface area contributed by atoms with Crippen LogP contribution in [0.25, 0.3) is 0 Å². The molecule has 1 aromatic heterocycles. The summed E-state index contributed by atoms with van der Waals surface area (Å²) >= 11 is 1.76. The molecule has 3 rings (SSSR count). The van der Waals surface area contributed by atoms with Crippen LogP contribution in [-0.2, 0) is 0 Å². The summed E-state index contributed by atoms with van der Waals surface area (Å²) in [5, 5.41) is 5.58. The van der Waals surface area contributed by atoms with Gasteiger partial charge in [0.05, 0.1) is 11.7 Å². The van der Waals surface area contributed by atoms with Crippen LogP contribution in [0.5, 0.6) is 5.75 Å². The molecular formula is C12H11NOS. The Hall–Kier alpha value is -1.48. The van der Waals surface area contributed by atoms with Crippen molar-refractivity contribution in [1.82, 2.24) is 0 Å². The zero-order valence-electron chi connectivity index (χ0n) is 8.14. The van der Waals surface area contributed by atoms with Gasteiger partial charge in [0.25, 0.3) is 0 Å². The molecule has 0 bridgehead atoms. The second kappa shape index (κ2) is 3.59. The lowest BCUT2D eigenvalue weighted by Crippen LogP contribution is -2.22. The molecule has 0 unspecified atom stereocenters. The van der Waals surface area contributed by atoms with Crippen molar-refractivity contribution in [3.63, 3.8) is 0 Å². The molecule has 3 heteroatoms. The number of hydrogen-bond acceptors (Lipinski definition) is 3. The van der Waals surface area contributed by atoms with E-state index in [1.165, 1.54) is 4.88 Å². The van der Waals surface area contributed by atoms with Crippen LogP contribution in [0.1, 0.15) is 10.9 Å². The van der Waals surface area contributed by atoms with E-state index in [1.54, 1.807) is 11.3 Å². The predicted molar refractivity (Wildman–Crippen MR) is 62.6 cm³/mol. The largest absolute Gasteiger partial charge is 0.489 e. The van der Waals surface area contributed by atoms with Gasteiger partial charge in [-0.2, -0.15) is 0 Å². The maximum absolute atomic E-state index is 5.70. The molecule has 0 saturated heterocycles. The fraction of sp³-hybridized carbons (Fsp3) is 0.167. The van der Waals surface area contributed by atoms with Crippen molar-refractivity contribution in [3.05, 3.63) is 46.7 Å². The standard InChI is InChI=1S/C12H11NOS/c1-2-5-11-9(4-1)13-10(8-14-11)12-6-3-7-15-12/h1-7,10,13H,8H2/t10-/m1/s1. The van der Waals surface area contributed by atoms with Gasteiger partial charge in [0.1, 0.15) is 12.4 Å². The summed E-state index contributed by atoms with van der Waals surface area (Å²) in [5.74, 6) is 0.949. The van der Waals surface area contributed by atoms with E-state index in [1.807, 2.05) is 18.2 Å². The SMILES string of the molecule is c1csc([C@H]2COc3ccccc3N2)c1. The Bertz CT molecular complexity index is 452. The predicted octanol–water partition coefficient (Wildman–Crippen LogP) is 3.29. The topological polar surface area (TPSA) is 21.3 Å². The van der Waals surface area contributed by atoms with Crippen LogP contribution in [0, 0.1) is 0 Å². The fourth-order valence-electron chi connectivity index (χ4n) is 1.76. The zero-order chi connectivity index (χ0) is 10.1. The van der Waals surface area contributed by atoms with Gasteiger partial charge in [0.15, 0.2) is 0 Å². The molecule has 0 amide bonds. The zero-order valence-corrected chi connectivity index (χ0v) is 8.96. The number of anilines is 1. The first-order valence-electron chi connectivity index (χ1n) is 4.95. The number of fused-ring (bicyclic) bond motifs is 1. The highest BCUT2D eigenvalue weighted by Crippen LogP contribution is 2.34. The Morgan fingerprint density at radius 3 is 3.00 bits per heavy atom. The number of ether oxygens (including phenoxy) is 1. The van der Waals surface area contributed by atoms with Crippen LogP contribution in [0.3, 0.4) is 0 Å². The minimum absolute atomic E-state index is 0.292. The van der Waals surface area contributed by atoms with Crippen LogP contribution in [0.2, 0.25) is 0 Å². The second-order valence-corrected chi connectivity index (χ2v) is 4.50. The molecule has 1 N–H and O–H groups in total. The van der Waals surface area contributed by atoms with Crippen molar-refractivity contribution in [2.75, 3.05) is 11.9 Å². The van der Waals surface area contributed by atoms with Crippen molar-refractivity contribution in [3.8, 4) is 5.75 Å². The summed E-state index contributed by atoms with van der Waals surface area (Å²) in [4.78, 5) is 1.32. The summed E-state index contributed by atoms with van der Waals surface area (Å²) in [6.45, 7) is 0.706. The molecule has 2 heterocycles. The van der Waals surface area contributed by atoms with Gasteiger partial charge in [-0.15, -0.1) is 11.3 Å². The maximum Gasteiger partial charge on any atom is 0.142 e. The molecule has 2 nitrogen and oxygen atoms in total. The van der Waals surface area contributed by atoms with Gasteiger partial charge in [-0.05, 0) is 23.6 Å². The minimum atomic E-state index is 0.292. The Morgan fingerprint density at radius 1 is 1.20 bits per heavy atom.